The van der Waals surface area contributed by atoms with Gasteiger partial charge in [-0.2, -0.15) is 0 Å². The van der Waals surface area contributed by atoms with E-state index in [1.54, 1.807) is 31.4 Å². The van der Waals surface area contributed by atoms with Gasteiger partial charge in [-0.05, 0) is 55.8 Å². The maximum absolute atomic E-state index is 12.2. The second-order valence-corrected chi connectivity index (χ2v) is 5.99. The van der Waals surface area contributed by atoms with Crippen molar-refractivity contribution in [2.24, 2.45) is 0 Å². The van der Waals surface area contributed by atoms with E-state index in [1.165, 1.54) is 0 Å². The van der Waals surface area contributed by atoms with Crippen molar-refractivity contribution in [2.45, 2.75) is 26.3 Å². The van der Waals surface area contributed by atoms with Crippen LogP contribution in [-0.4, -0.2) is 31.5 Å². The molecule has 0 saturated heterocycles. The second-order valence-electron chi connectivity index (χ2n) is 5.99. The van der Waals surface area contributed by atoms with Gasteiger partial charge in [-0.1, -0.05) is 13.0 Å². The van der Waals surface area contributed by atoms with E-state index in [9.17, 15) is 9.59 Å². The minimum absolute atomic E-state index is 0.106. The Balaban J connectivity index is 1.89. The van der Waals surface area contributed by atoms with Crippen LogP contribution < -0.4 is 20.7 Å². The summed E-state index contributed by atoms with van der Waals surface area (Å²) in [7, 11) is 1.60. The first-order valence-electron chi connectivity index (χ1n) is 8.60. The van der Waals surface area contributed by atoms with Crippen molar-refractivity contribution in [3.63, 3.8) is 0 Å². The normalized spacial score (nSPS) is 11.3. The number of ether oxygens (including phenoxy) is 1. The van der Waals surface area contributed by atoms with Gasteiger partial charge in [0.1, 0.15) is 5.75 Å². The molecule has 0 radical (unpaired) electrons. The summed E-state index contributed by atoms with van der Waals surface area (Å²) < 4.78 is 5.10. The Labute approximate surface area is 153 Å². The fourth-order valence-electron chi connectivity index (χ4n) is 2.24. The number of carbonyl (C=O) groups is 2. The third-order valence-electron chi connectivity index (χ3n) is 3.94. The van der Waals surface area contributed by atoms with Gasteiger partial charge in [0.15, 0.2) is 0 Å². The van der Waals surface area contributed by atoms with Crippen LogP contribution in [0.5, 0.6) is 5.75 Å². The van der Waals surface area contributed by atoms with Crippen molar-refractivity contribution in [3.05, 3.63) is 54.1 Å². The third-order valence-corrected chi connectivity index (χ3v) is 3.94. The van der Waals surface area contributed by atoms with E-state index >= 15 is 0 Å². The van der Waals surface area contributed by atoms with E-state index in [2.05, 4.69) is 16.0 Å². The summed E-state index contributed by atoms with van der Waals surface area (Å²) in [5, 5.41) is 8.74. The number of amides is 2. The highest BCUT2D eigenvalue weighted by Gasteiger charge is 2.10. The fraction of sp³-hybridized carbons (Fsp3) is 0.300. The number of hydrogen-bond donors (Lipinski definition) is 3. The average Bonchev–Trinajstić information content (AvgIpc) is 2.66. The molecule has 0 bridgehead atoms. The molecule has 138 valence electrons. The summed E-state index contributed by atoms with van der Waals surface area (Å²) in [6.45, 7) is 4.08. The maximum atomic E-state index is 12.2. The Hall–Kier alpha value is -3.02. The van der Waals surface area contributed by atoms with Gasteiger partial charge < -0.3 is 20.7 Å². The number of carbonyl (C=O) groups excluding carboxylic acids is 2. The van der Waals surface area contributed by atoms with Crippen LogP contribution in [-0.2, 0) is 4.79 Å². The summed E-state index contributed by atoms with van der Waals surface area (Å²) in [5.74, 6) is 0.416. The van der Waals surface area contributed by atoms with Gasteiger partial charge in [-0.15, -0.1) is 0 Å². The Morgan fingerprint density at radius 1 is 1.08 bits per heavy atom. The number of methoxy groups -OCH3 is 1. The molecule has 2 rings (SSSR count). The molecule has 6 nitrogen and oxygen atoms in total. The standard InChI is InChI=1S/C20H25N3O3/c1-4-14(2)22-20(25)15-6-5-7-17(12-15)23-19(24)13-21-16-8-10-18(26-3)11-9-16/h5-12,14,21H,4,13H2,1-3H3,(H,22,25)(H,23,24). The van der Waals surface area contributed by atoms with E-state index in [0.29, 0.717) is 11.3 Å². The quantitative estimate of drug-likeness (QED) is 0.679. The molecule has 0 fully saturated rings. The summed E-state index contributed by atoms with van der Waals surface area (Å²) in [4.78, 5) is 24.3. The van der Waals surface area contributed by atoms with Crippen LogP contribution in [0.4, 0.5) is 11.4 Å². The Kier molecular flexibility index (Phi) is 7.02. The van der Waals surface area contributed by atoms with Gasteiger partial charge in [0.05, 0.1) is 13.7 Å². The second kappa shape index (κ2) is 9.46. The Morgan fingerprint density at radius 3 is 2.46 bits per heavy atom. The van der Waals surface area contributed by atoms with Gasteiger partial charge in [0, 0.05) is 23.0 Å². The van der Waals surface area contributed by atoms with Gasteiger partial charge >= 0.3 is 0 Å². The fourth-order valence-corrected chi connectivity index (χ4v) is 2.24. The van der Waals surface area contributed by atoms with E-state index in [0.717, 1.165) is 17.9 Å². The van der Waals surface area contributed by atoms with Gasteiger partial charge in [-0.25, -0.2) is 0 Å². The maximum Gasteiger partial charge on any atom is 0.251 e. The van der Waals surface area contributed by atoms with Crippen molar-refractivity contribution in [3.8, 4) is 5.75 Å². The molecule has 0 saturated carbocycles. The number of anilines is 2. The Morgan fingerprint density at radius 2 is 1.81 bits per heavy atom. The highest BCUT2D eigenvalue weighted by molar-refractivity contribution is 5.98. The first-order chi connectivity index (χ1) is 12.5. The number of benzene rings is 2. The molecule has 0 aliphatic heterocycles. The van der Waals surface area contributed by atoms with E-state index in [4.69, 9.17) is 4.74 Å². The van der Waals surface area contributed by atoms with Crippen LogP contribution >= 0.6 is 0 Å². The highest BCUT2D eigenvalue weighted by Crippen LogP contribution is 2.15. The van der Waals surface area contributed by atoms with Gasteiger partial charge in [0.2, 0.25) is 5.91 Å². The minimum Gasteiger partial charge on any atom is -0.497 e. The van der Waals surface area contributed by atoms with E-state index in [-0.39, 0.29) is 24.4 Å². The lowest BCUT2D eigenvalue weighted by Gasteiger charge is -2.12. The molecule has 0 aromatic heterocycles. The monoisotopic (exact) mass is 355 g/mol. The molecule has 0 aliphatic rings. The molecule has 0 spiro atoms. The van der Waals surface area contributed by atoms with E-state index < -0.39 is 0 Å². The molecule has 2 aromatic carbocycles. The van der Waals surface area contributed by atoms with Crippen LogP contribution in [0.3, 0.4) is 0 Å². The van der Waals surface area contributed by atoms with Crippen molar-refractivity contribution >= 4 is 23.2 Å². The lowest BCUT2D eigenvalue weighted by atomic mass is 10.1. The van der Waals surface area contributed by atoms with Crippen LogP contribution in [0.15, 0.2) is 48.5 Å². The molecule has 26 heavy (non-hydrogen) atoms. The molecule has 0 aliphatic carbocycles. The minimum atomic E-state index is -0.194. The number of rotatable bonds is 8. The third kappa shape index (κ3) is 5.81. The molecule has 2 amide bonds. The van der Waals surface area contributed by atoms with Crippen molar-refractivity contribution in [2.75, 3.05) is 24.3 Å². The number of nitrogens with one attached hydrogen (secondary N) is 3. The summed E-state index contributed by atoms with van der Waals surface area (Å²) in [6.07, 6.45) is 0.860. The molecular weight excluding hydrogens is 330 g/mol. The molecule has 2 aromatic rings. The topological polar surface area (TPSA) is 79.5 Å². The van der Waals surface area contributed by atoms with E-state index in [1.807, 2.05) is 38.1 Å². The van der Waals surface area contributed by atoms with Crippen molar-refractivity contribution < 1.29 is 14.3 Å². The molecule has 1 atom stereocenters. The zero-order valence-corrected chi connectivity index (χ0v) is 15.3. The van der Waals surface area contributed by atoms with Crippen LogP contribution in [0, 0.1) is 0 Å². The average molecular weight is 355 g/mol. The predicted octanol–water partition coefficient (Wildman–Crippen LogP) is 3.27. The summed E-state index contributed by atoms with van der Waals surface area (Å²) >= 11 is 0. The SMILES string of the molecule is CCC(C)NC(=O)c1cccc(NC(=O)CNc2ccc(OC)cc2)c1. The molecule has 3 N–H and O–H groups in total. The first-order valence-corrected chi connectivity index (χ1v) is 8.60. The summed E-state index contributed by atoms with van der Waals surface area (Å²) in [6, 6.07) is 14.3. The largest absolute Gasteiger partial charge is 0.497 e. The highest BCUT2D eigenvalue weighted by atomic mass is 16.5. The van der Waals surface area contributed by atoms with Crippen LogP contribution in [0.1, 0.15) is 30.6 Å². The predicted molar refractivity (Wildman–Crippen MR) is 104 cm³/mol. The smallest absolute Gasteiger partial charge is 0.251 e. The zero-order chi connectivity index (χ0) is 18.9. The molecule has 6 heteroatoms. The summed E-state index contributed by atoms with van der Waals surface area (Å²) in [5.41, 5.74) is 1.93. The number of hydrogen-bond acceptors (Lipinski definition) is 4. The van der Waals surface area contributed by atoms with Crippen LogP contribution in [0.2, 0.25) is 0 Å². The lowest BCUT2D eigenvalue weighted by Crippen LogP contribution is -2.32. The molecule has 1 unspecified atom stereocenters. The first kappa shape index (κ1) is 19.3. The van der Waals surface area contributed by atoms with Crippen molar-refractivity contribution in [1.29, 1.82) is 0 Å². The van der Waals surface area contributed by atoms with Crippen LogP contribution in [0.25, 0.3) is 0 Å². The van der Waals surface area contributed by atoms with Crippen molar-refractivity contribution in [1.82, 2.24) is 5.32 Å². The molecular formula is C20H25N3O3. The van der Waals surface area contributed by atoms with Gasteiger partial charge in [-0.3, -0.25) is 9.59 Å². The molecule has 0 heterocycles. The zero-order valence-electron chi connectivity index (χ0n) is 15.3. The van der Waals surface area contributed by atoms with Gasteiger partial charge in [0.25, 0.3) is 5.91 Å². The Bertz CT molecular complexity index is 744. The lowest BCUT2D eigenvalue weighted by molar-refractivity contribution is -0.114.